The molecule has 1 fully saturated rings. The van der Waals surface area contributed by atoms with Crippen LogP contribution in [0.5, 0.6) is 0 Å². The van der Waals surface area contributed by atoms with Crippen molar-refractivity contribution in [2.45, 2.75) is 20.0 Å². The molecule has 0 saturated carbocycles. The third kappa shape index (κ3) is 4.12. The standard InChI is InChI=1S/C31H25N3OS/c1-2-33-27-16-10-9-15-25(27)26-19-23(17-18-28(26)33)20-29-30(35)34(21-22-11-5-3-6-12-22)31(36-29)32-24-13-7-4-8-14-24/h3-20H,2,21H2,1H3/b29-20-,32-31?. The highest BCUT2D eigenvalue weighted by atomic mass is 32.2. The highest BCUT2D eigenvalue weighted by molar-refractivity contribution is 8.18. The van der Waals surface area contributed by atoms with E-state index in [1.54, 1.807) is 4.90 Å². The van der Waals surface area contributed by atoms with Crippen molar-refractivity contribution in [1.82, 2.24) is 9.47 Å². The number of amidine groups is 1. The van der Waals surface area contributed by atoms with Gasteiger partial charge in [0.05, 0.1) is 17.1 Å². The van der Waals surface area contributed by atoms with Gasteiger partial charge in [-0.2, -0.15) is 0 Å². The van der Waals surface area contributed by atoms with Gasteiger partial charge in [0.15, 0.2) is 5.17 Å². The first-order valence-electron chi connectivity index (χ1n) is 12.1. The zero-order chi connectivity index (χ0) is 24.5. The second-order valence-corrected chi connectivity index (χ2v) is 9.76. The molecule has 0 radical (unpaired) electrons. The Morgan fingerprint density at radius 3 is 2.28 bits per heavy atom. The van der Waals surface area contributed by atoms with Gasteiger partial charge in [-0.1, -0.05) is 72.8 Å². The molecule has 1 aliphatic rings. The van der Waals surface area contributed by atoms with Gasteiger partial charge in [-0.15, -0.1) is 0 Å². The maximum Gasteiger partial charge on any atom is 0.267 e. The van der Waals surface area contributed by atoms with E-state index >= 15 is 0 Å². The van der Waals surface area contributed by atoms with Crippen molar-refractivity contribution in [1.29, 1.82) is 0 Å². The van der Waals surface area contributed by atoms with E-state index in [-0.39, 0.29) is 5.91 Å². The Hall–Kier alpha value is -4.09. The number of amides is 1. The molecule has 1 aromatic heterocycles. The maximum atomic E-state index is 13.6. The molecule has 0 bridgehead atoms. The van der Waals surface area contributed by atoms with Crippen molar-refractivity contribution in [3.8, 4) is 0 Å². The number of aryl methyl sites for hydroxylation is 1. The smallest absolute Gasteiger partial charge is 0.267 e. The van der Waals surface area contributed by atoms with Crippen LogP contribution in [0, 0.1) is 0 Å². The van der Waals surface area contributed by atoms with Crippen molar-refractivity contribution < 1.29 is 4.79 Å². The molecule has 0 spiro atoms. The highest BCUT2D eigenvalue weighted by Crippen LogP contribution is 2.36. The van der Waals surface area contributed by atoms with Crippen LogP contribution in [0.1, 0.15) is 18.1 Å². The number of para-hydroxylation sites is 2. The van der Waals surface area contributed by atoms with Gasteiger partial charge in [-0.05, 0) is 66.2 Å². The van der Waals surface area contributed by atoms with E-state index < -0.39 is 0 Å². The summed E-state index contributed by atoms with van der Waals surface area (Å²) >= 11 is 1.44. The van der Waals surface area contributed by atoms with Crippen LogP contribution >= 0.6 is 11.8 Å². The van der Waals surface area contributed by atoms with Crippen LogP contribution in [-0.4, -0.2) is 20.5 Å². The molecule has 4 aromatic carbocycles. The summed E-state index contributed by atoms with van der Waals surface area (Å²) in [5.74, 6) is -0.0189. The lowest BCUT2D eigenvalue weighted by Crippen LogP contribution is -2.28. The number of benzene rings is 4. The van der Waals surface area contributed by atoms with Gasteiger partial charge >= 0.3 is 0 Å². The number of nitrogens with zero attached hydrogens (tertiary/aromatic N) is 3. The first-order chi connectivity index (χ1) is 17.7. The number of thioether (sulfide) groups is 1. The van der Waals surface area contributed by atoms with Crippen LogP contribution in [0.25, 0.3) is 27.9 Å². The van der Waals surface area contributed by atoms with Crippen LogP contribution in [0.2, 0.25) is 0 Å². The fraction of sp³-hybridized carbons (Fsp3) is 0.0968. The number of hydrogen-bond acceptors (Lipinski definition) is 3. The van der Waals surface area contributed by atoms with Gasteiger partial charge in [0.25, 0.3) is 5.91 Å². The molecule has 5 heteroatoms. The predicted molar refractivity (Wildman–Crippen MR) is 151 cm³/mol. The third-order valence-electron chi connectivity index (χ3n) is 6.46. The Bertz CT molecular complexity index is 1630. The summed E-state index contributed by atoms with van der Waals surface area (Å²) in [5, 5.41) is 3.14. The molecule has 4 nitrogen and oxygen atoms in total. The summed E-state index contributed by atoms with van der Waals surface area (Å²) < 4.78 is 2.34. The first-order valence-corrected chi connectivity index (χ1v) is 12.9. The Labute approximate surface area is 214 Å². The average molecular weight is 488 g/mol. The molecule has 1 aliphatic heterocycles. The Kier molecular flexibility index (Phi) is 5.91. The zero-order valence-electron chi connectivity index (χ0n) is 20.0. The van der Waals surface area contributed by atoms with E-state index in [0.29, 0.717) is 16.6 Å². The SMILES string of the molecule is CCn1c2ccccc2c2cc(/C=C3\SC(=Nc4ccccc4)N(Cc4ccccc4)C3=O)ccc21. The third-order valence-corrected chi connectivity index (χ3v) is 7.47. The Balaban J connectivity index is 1.41. The number of rotatable bonds is 5. The molecule has 1 amide bonds. The van der Waals surface area contributed by atoms with E-state index in [1.807, 2.05) is 66.7 Å². The topological polar surface area (TPSA) is 37.6 Å². The molecule has 1 saturated heterocycles. The highest BCUT2D eigenvalue weighted by Gasteiger charge is 2.33. The van der Waals surface area contributed by atoms with E-state index in [0.717, 1.165) is 23.4 Å². The molecule has 5 aromatic rings. The summed E-state index contributed by atoms with van der Waals surface area (Å²) in [5.41, 5.74) is 5.36. The van der Waals surface area contributed by atoms with E-state index in [4.69, 9.17) is 4.99 Å². The van der Waals surface area contributed by atoms with Gasteiger partial charge in [-0.25, -0.2) is 4.99 Å². The Morgan fingerprint density at radius 1 is 0.806 bits per heavy atom. The van der Waals surface area contributed by atoms with Crippen LogP contribution in [0.15, 0.2) is 113 Å². The van der Waals surface area contributed by atoms with Crippen LogP contribution < -0.4 is 0 Å². The number of aliphatic imine (C=N–C) groups is 1. The van der Waals surface area contributed by atoms with Crippen molar-refractivity contribution >= 4 is 56.4 Å². The lowest BCUT2D eigenvalue weighted by Gasteiger charge is -2.15. The molecule has 0 N–H and O–H groups in total. The van der Waals surface area contributed by atoms with Crippen molar-refractivity contribution in [2.24, 2.45) is 4.99 Å². The van der Waals surface area contributed by atoms with E-state index in [1.165, 1.54) is 33.6 Å². The number of carbonyl (C=O) groups is 1. The second kappa shape index (κ2) is 9.51. The monoisotopic (exact) mass is 487 g/mol. The van der Waals surface area contributed by atoms with Gasteiger partial charge < -0.3 is 4.57 Å². The van der Waals surface area contributed by atoms with Gasteiger partial charge in [0, 0.05) is 28.4 Å². The molecule has 0 atom stereocenters. The molecule has 6 rings (SSSR count). The normalized spacial score (nSPS) is 16.1. The lowest BCUT2D eigenvalue weighted by molar-refractivity contribution is -0.122. The van der Waals surface area contributed by atoms with Crippen LogP contribution in [0.4, 0.5) is 5.69 Å². The number of carbonyl (C=O) groups excluding carboxylic acids is 1. The molecule has 36 heavy (non-hydrogen) atoms. The number of hydrogen-bond donors (Lipinski definition) is 0. The summed E-state index contributed by atoms with van der Waals surface area (Å²) in [6, 6.07) is 34.8. The van der Waals surface area contributed by atoms with E-state index in [2.05, 4.69) is 54.0 Å². The predicted octanol–water partition coefficient (Wildman–Crippen LogP) is 7.62. The Morgan fingerprint density at radius 2 is 1.50 bits per heavy atom. The molecule has 176 valence electrons. The summed E-state index contributed by atoms with van der Waals surface area (Å²) in [7, 11) is 0. The number of aromatic nitrogens is 1. The summed E-state index contributed by atoms with van der Waals surface area (Å²) in [4.78, 5) is 20.9. The van der Waals surface area contributed by atoms with Crippen LogP contribution in [0.3, 0.4) is 0 Å². The average Bonchev–Trinajstić information content (AvgIpc) is 3.39. The van der Waals surface area contributed by atoms with Gasteiger partial charge in [-0.3, -0.25) is 9.69 Å². The van der Waals surface area contributed by atoms with Crippen molar-refractivity contribution in [3.63, 3.8) is 0 Å². The van der Waals surface area contributed by atoms with Gasteiger partial charge in [0.2, 0.25) is 0 Å². The minimum absolute atomic E-state index is 0.0189. The lowest BCUT2D eigenvalue weighted by atomic mass is 10.1. The molecular weight excluding hydrogens is 462 g/mol. The fourth-order valence-corrected chi connectivity index (χ4v) is 5.76. The van der Waals surface area contributed by atoms with Crippen molar-refractivity contribution in [2.75, 3.05) is 0 Å². The summed E-state index contributed by atoms with van der Waals surface area (Å²) in [6.45, 7) is 3.57. The van der Waals surface area contributed by atoms with Crippen LogP contribution in [-0.2, 0) is 17.9 Å². The van der Waals surface area contributed by atoms with Crippen molar-refractivity contribution in [3.05, 3.63) is 119 Å². The number of fused-ring (bicyclic) bond motifs is 3. The quantitative estimate of drug-likeness (QED) is 0.239. The molecular formula is C31H25N3OS. The molecule has 0 aliphatic carbocycles. The first kappa shape index (κ1) is 22.4. The largest absolute Gasteiger partial charge is 0.341 e. The fourth-order valence-electron chi connectivity index (χ4n) is 4.76. The minimum Gasteiger partial charge on any atom is -0.341 e. The minimum atomic E-state index is -0.0189. The van der Waals surface area contributed by atoms with Gasteiger partial charge in [0.1, 0.15) is 0 Å². The second-order valence-electron chi connectivity index (χ2n) is 8.76. The molecule has 0 unspecified atom stereocenters. The molecule has 2 heterocycles. The maximum absolute atomic E-state index is 13.6. The summed E-state index contributed by atoms with van der Waals surface area (Å²) in [6.07, 6.45) is 2.00. The van der Waals surface area contributed by atoms with E-state index in [9.17, 15) is 4.79 Å². The zero-order valence-corrected chi connectivity index (χ0v) is 20.8.